The molecule has 0 unspecified atom stereocenters. The molecule has 0 bridgehead atoms. The molecule has 1 aliphatic carbocycles. The van der Waals surface area contributed by atoms with E-state index < -0.39 is 23.7 Å². The number of carbonyl (C=O) groups excluding carboxylic acids is 2. The van der Waals surface area contributed by atoms with Crippen LogP contribution in [0.2, 0.25) is 0 Å². The summed E-state index contributed by atoms with van der Waals surface area (Å²) in [7, 11) is 0. The van der Waals surface area contributed by atoms with Crippen LogP contribution < -0.4 is 0 Å². The average Bonchev–Trinajstić information content (AvgIpc) is 3.46. The van der Waals surface area contributed by atoms with Gasteiger partial charge in [0.2, 0.25) is 5.91 Å². The van der Waals surface area contributed by atoms with Crippen molar-refractivity contribution in [2.24, 2.45) is 11.3 Å². The standard InChI is InChI=1S/C21H25FN2O4/c1-13-2-3-15(10-16(13)22)19(26)24-12-21(11-17(24)20(27)28)6-8-23(9-7-21)18(25)14-4-5-14/h2-3,10,14,17H,4-9,11-12H2,1H3,(H,27,28)/t17-/m1/s1. The maximum Gasteiger partial charge on any atom is 0.326 e. The van der Waals surface area contributed by atoms with Crippen LogP contribution in [0.1, 0.15) is 48.0 Å². The molecule has 1 aromatic carbocycles. The van der Waals surface area contributed by atoms with Crippen molar-refractivity contribution in [2.75, 3.05) is 19.6 Å². The normalized spacial score (nSPS) is 23.9. The van der Waals surface area contributed by atoms with E-state index in [-0.39, 0.29) is 22.8 Å². The monoisotopic (exact) mass is 388 g/mol. The molecule has 6 nitrogen and oxygen atoms in total. The van der Waals surface area contributed by atoms with E-state index >= 15 is 0 Å². The van der Waals surface area contributed by atoms with Crippen molar-refractivity contribution in [3.8, 4) is 0 Å². The fourth-order valence-corrected chi connectivity index (χ4v) is 4.53. The third kappa shape index (κ3) is 3.38. The molecule has 1 saturated carbocycles. The van der Waals surface area contributed by atoms with Gasteiger partial charge in [0.05, 0.1) is 0 Å². The number of nitrogens with zero attached hydrogens (tertiary/aromatic N) is 2. The van der Waals surface area contributed by atoms with Crippen LogP contribution in [-0.4, -0.2) is 58.4 Å². The van der Waals surface area contributed by atoms with Crippen LogP contribution in [-0.2, 0) is 9.59 Å². The van der Waals surface area contributed by atoms with Crippen molar-refractivity contribution in [1.82, 2.24) is 9.80 Å². The molecule has 7 heteroatoms. The van der Waals surface area contributed by atoms with Crippen molar-refractivity contribution in [3.63, 3.8) is 0 Å². The number of aryl methyl sites for hydroxylation is 1. The van der Waals surface area contributed by atoms with Crippen LogP contribution in [0.3, 0.4) is 0 Å². The molecule has 3 fully saturated rings. The molecular formula is C21H25FN2O4. The molecule has 3 aliphatic rings. The summed E-state index contributed by atoms with van der Waals surface area (Å²) >= 11 is 0. The molecule has 2 saturated heterocycles. The topological polar surface area (TPSA) is 77.9 Å². The number of halogens is 1. The summed E-state index contributed by atoms with van der Waals surface area (Å²) in [5.41, 5.74) is 0.326. The number of amides is 2. The summed E-state index contributed by atoms with van der Waals surface area (Å²) in [5.74, 6) is -1.56. The van der Waals surface area contributed by atoms with Gasteiger partial charge in [0.15, 0.2) is 0 Å². The van der Waals surface area contributed by atoms with Crippen LogP contribution in [0, 0.1) is 24.1 Å². The summed E-state index contributed by atoms with van der Waals surface area (Å²) in [6, 6.07) is 3.34. The van der Waals surface area contributed by atoms with Crippen molar-refractivity contribution in [2.45, 2.75) is 45.1 Å². The molecule has 0 radical (unpaired) electrons. The minimum atomic E-state index is -1.03. The van der Waals surface area contributed by atoms with E-state index in [2.05, 4.69) is 0 Å². The second-order valence-corrected chi connectivity index (χ2v) is 8.55. The first-order valence-electron chi connectivity index (χ1n) is 9.88. The Labute approximate surface area is 163 Å². The molecule has 0 aromatic heterocycles. The van der Waals surface area contributed by atoms with Crippen molar-refractivity contribution in [3.05, 3.63) is 35.1 Å². The number of carbonyl (C=O) groups is 3. The zero-order valence-corrected chi connectivity index (χ0v) is 16.0. The number of hydrogen-bond donors (Lipinski definition) is 1. The number of carboxylic acid groups (broad SMARTS) is 1. The Bertz CT molecular complexity index is 828. The van der Waals surface area contributed by atoms with E-state index in [1.54, 1.807) is 13.0 Å². The maximum atomic E-state index is 13.9. The van der Waals surface area contributed by atoms with Crippen LogP contribution in [0.4, 0.5) is 4.39 Å². The number of rotatable bonds is 3. The third-order valence-corrected chi connectivity index (χ3v) is 6.54. The predicted octanol–water partition coefficient (Wildman–Crippen LogP) is 2.45. The molecule has 2 amide bonds. The Kier molecular flexibility index (Phi) is 4.63. The Morgan fingerprint density at radius 2 is 1.86 bits per heavy atom. The van der Waals surface area contributed by atoms with Gasteiger partial charge in [0.25, 0.3) is 5.91 Å². The molecule has 1 atom stereocenters. The zero-order valence-electron chi connectivity index (χ0n) is 16.0. The van der Waals surface area contributed by atoms with E-state index in [4.69, 9.17) is 0 Å². The number of carboxylic acids is 1. The first kappa shape index (κ1) is 18.9. The highest BCUT2D eigenvalue weighted by Crippen LogP contribution is 2.45. The fourth-order valence-electron chi connectivity index (χ4n) is 4.53. The Morgan fingerprint density at radius 1 is 1.18 bits per heavy atom. The Hall–Kier alpha value is -2.44. The highest BCUT2D eigenvalue weighted by molar-refractivity contribution is 5.97. The summed E-state index contributed by atoms with van der Waals surface area (Å²) in [5, 5.41) is 9.68. The third-order valence-electron chi connectivity index (χ3n) is 6.54. The van der Waals surface area contributed by atoms with Gasteiger partial charge in [0.1, 0.15) is 11.9 Å². The molecule has 150 valence electrons. The van der Waals surface area contributed by atoms with Crippen LogP contribution in [0.5, 0.6) is 0 Å². The average molecular weight is 388 g/mol. The second-order valence-electron chi connectivity index (χ2n) is 8.55. The number of aliphatic carboxylic acids is 1. The zero-order chi connectivity index (χ0) is 20.1. The van der Waals surface area contributed by atoms with Crippen molar-refractivity contribution in [1.29, 1.82) is 0 Å². The molecular weight excluding hydrogens is 363 g/mol. The van der Waals surface area contributed by atoms with Crippen LogP contribution >= 0.6 is 0 Å². The van der Waals surface area contributed by atoms with Gasteiger partial charge in [-0.2, -0.15) is 0 Å². The highest BCUT2D eigenvalue weighted by atomic mass is 19.1. The predicted molar refractivity (Wildman–Crippen MR) is 99.2 cm³/mol. The van der Waals surface area contributed by atoms with Crippen molar-refractivity contribution >= 4 is 17.8 Å². The SMILES string of the molecule is Cc1ccc(C(=O)N2CC3(CCN(C(=O)C4CC4)CC3)C[C@@H]2C(=O)O)cc1F. The fraction of sp³-hybridized carbons (Fsp3) is 0.571. The lowest BCUT2D eigenvalue weighted by Gasteiger charge is -2.39. The minimum absolute atomic E-state index is 0.174. The Balaban J connectivity index is 1.50. The van der Waals surface area contributed by atoms with E-state index in [1.807, 2.05) is 4.90 Å². The summed E-state index contributed by atoms with van der Waals surface area (Å²) in [4.78, 5) is 40.3. The van der Waals surface area contributed by atoms with Crippen LogP contribution in [0.25, 0.3) is 0 Å². The quantitative estimate of drug-likeness (QED) is 0.863. The minimum Gasteiger partial charge on any atom is -0.480 e. The Morgan fingerprint density at radius 3 is 2.43 bits per heavy atom. The molecule has 1 aromatic rings. The first-order valence-corrected chi connectivity index (χ1v) is 9.88. The summed E-state index contributed by atoms with van der Waals surface area (Å²) < 4.78 is 13.9. The van der Waals surface area contributed by atoms with E-state index in [0.717, 1.165) is 12.8 Å². The molecule has 1 spiro atoms. The van der Waals surface area contributed by atoms with E-state index in [9.17, 15) is 23.9 Å². The molecule has 4 rings (SSSR count). The van der Waals surface area contributed by atoms with Gasteiger partial charge in [-0.15, -0.1) is 0 Å². The lowest BCUT2D eigenvalue weighted by Crippen LogP contribution is -2.45. The summed E-state index contributed by atoms with van der Waals surface area (Å²) in [6.45, 7) is 3.18. The van der Waals surface area contributed by atoms with Gasteiger partial charge in [-0.1, -0.05) is 6.07 Å². The summed E-state index contributed by atoms with van der Waals surface area (Å²) in [6.07, 6.45) is 3.71. The lowest BCUT2D eigenvalue weighted by atomic mass is 9.76. The van der Waals surface area contributed by atoms with Crippen molar-refractivity contribution < 1.29 is 23.9 Å². The van der Waals surface area contributed by atoms with E-state index in [1.165, 1.54) is 17.0 Å². The first-order chi connectivity index (χ1) is 13.3. The lowest BCUT2D eigenvalue weighted by molar-refractivity contribution is -0.141. The van der Waals surface area contributed by atoms with Gasteiger partial charge in [-0.3, -0.25) is 9.59 Å². The molecule has 2 heterocycles. The maximum absolute atomic E-state index is 13.9. The van der Waals surface area contributed by atoms with Gasteiger partial charge in [0, 0.05) is 31.1 Å². The molecule has 28 heavy (non-hydrogen) atoms. The molecule has 1 N–H and O–H groups in total. The van der Waals surface area contributed by atoms with Gasteiger partial charge < -0.3 is 14.9 Å². The van der Waals surface area contributed by atoms with Crippen LogP contribution in [0.15, 0.2) is 18.2 Å². The number of benzene rings is 1. The molecule has 2 aliphatic heterocycles. The van der Waals surface area contributed by atoms with Gasteiger partial charge >= 0.3 is 5.97 Å². The largest absolute Gasteiger partial charge is 0.480 e. The van der Waals surface area contributed by atoms with Gasteiger partial charge in [-0.05, 0) is 62.1 Å². The second kappa shape index (κ2) is 6.87. The number of likely N-dealkylation sites (tertiary alicyclic amines) is 2. The number of hydrogen-bond acceptors (Lipinski definition) is 3. The smallest absolute Gasteiger partial charge is 0.326 e. The van der Waals surface area contributed by atoms with E-state index in [0.29, 0.717) is 44.5 Å². The highest BCUT2D eigenvalue weighted by Gasteiger charge is 2.50. The van der Waals surface area contributed by atoms with Gasteiger partial charge in [-0.25, -0.2) is 9.18 Å². The number of piperidine rings is 1.